The fraction of sp³-hybridized carbons (Fsp3) is 0.667. The highest BCUT2D eigenvalue weighted by Gasteiger charge is 2.34. The number of hydrogen-bond acceptors (Lipinski definition) is 4. The molecule has 92 valence electrons. The Labute approximate surface area is 93.6 Å². The van der Waals surface area contributed by atoms with E-state index in [4.69, 9.17) is 10.8 Å². The second-order valence-electron chi connectivity index (χ2n) is 3.79. The molecule has 0 radical (unpaired) electrons. The number of nitrogens with one attached hydrogen (secondary N) is 1. The van der Waals surface area contributed by atoms with Crippen molar-refractivity contribution in [1.82, 2.24) is 10.2 Å². The molecule has 4 N–H and O–H groups in total. The van der Waals surface area contributed by atoms with E-state index in [0.29, 0.717) is 6.54 Å². The van der Waals surface area contributed by atoms with Crippen LogP contribution in [0.3, 0.4) is 0 Å². The Morgan fingerprint density at radius 2 is 1.88 bits per heavy atom. The maximum absolute atomic E-state index is 11.2. The standard InChI is InChI=1S/C9H17N3O4/c1-4-12(9(2,3)7(14)15)5-6(13)11-8(10)16/h4-5H2,1-3H3,(H,14,15)(H3,10,11,13,16). The van der Waals surface area contributed by atoms with Gasteiger partial charge >= 0.3 is 12.0 Å². The molecular formula is C9H17N3O4. The molecule has 0 aliphatic heterocycles. The first-order valence-electron chi connectivity index (χ1n) is 4.79. The lowest BCUT2D eigenvalue weighted by Crippen LogP contribution is -2.54. The molecule has 3 amide bonds. The van der Waals surface area contributed by atoms with Gasteiger partial charge in [-0.15, -0.1) is 0 Å². The highest BCUT2D eigenvalue weighted by atomic mass is 16.4. The van der Waals surface area contributed by atoms with Crippen molar-refractivity contribution in [3.8, 4) is 0 Å². The lowest BCUT2D eigenvalue weighted by molar-refractivity contribution is -0.149. The van der Waals surface area contributed by atoms with E-state index in [9.17, 15) is 14.4 Å². The van der Waals surface area contributed by atoms with Crippen molar-refractivity contribution in [1.29, 1.82) is 0 Å². The number of carboxylic acid groups (broad SMARTS) is 1. The van der Waals surface area contributed by atoms with Crippen LogP contribution in [0.4, 0.5) is 4.79 Å². The van der Waals surface area contributed by atoms with E-state index in [0.717, 1.165) is 0 Å². The van der Waals surface area contributed by atoms with Crippen LogP contribution in [0.5, 0.6) is 0 Å². The number of carbonyl (C=O) groups excluding carboxylic acids is 2. The van der Waals surface area contributed by atoms with Crippen molar-refractivity contribution in [2.24, 2.45) is 5.73 Å². The number of rotatable bonds is 5. The van der Waals surface area contributed by atoms with Crippen LogP contribution >= 0.6 is 0 Å². The first kappa shape index (κ1) is 14.4. The average Bonchev–Trinajstić information content (AvgIpc) is 2.12. The lowest BCUT2D eigenvalue weighted by atomic mass is 10.0. The van der Waals surface area contributed by atoms with Gasteiger partial charge in [0.15, 0.2) is 0 Å². The van der Waals surface area contributed by atoms with E-state index in [1.165, 1.54) is 18.7 Å². The molecule has 0 heterocycles. The fourth-order valence-electron chi connectivity index (χ4n) is 1.19. The van der Waals surface area contributed by atoms with E-state index in [-0.39, 0.29) is 6.54 Å². The number of hydrogen-bond donors (Lipinski definition) is 3. The number of likely N-dealkylation sites (N-methyl/N-ethyl adjacent to an activating group) is 1. The number of aliphatic carboxylic acids is 1. The molecule has 0 aliphatic carbocycles. The average molecular weight is 231 g/mol. The Hall–Kier alpha value is -1.63. The molecule has 0 unspecified atom stereocenters. The molecule has 0 spiro atoms. The van der Waals surface area contributed by atoms with Gasteiger partial charge in [-0.1, -0.05) is 6.92 Å². The Kier molecular flexibility index (Phi) is 4.90. The van der Waals surface area contributed by atoms with Gasteiger partial charge in [-0.05, 0) is 20.4 Å². The minimum atomic E-state index is -1.18. The highest BCUT2D eigenvalue weighted by molar-refractivity contribution is 5.94. The number of nitrogens with zero attached hydrogens (tertiary/aromatic N) is 1. The molecule has 0 aromatic rings. The van der Waals surface area contributed by atoms with Crippen molar-refractivity contribution >= 4 is 17.9 Å². The van der Waals surface area contributed by atoms with Crippen LogP contribution in [-0.2, 0) is 9.59 Å². The first-order valence-corrected chi connectivity index (χ1v) is 4.79. The van der Waals surface area contributed by atoms with Crippen molar-refractivity contribution in [2.45, 2.75) is 26.3 Å². The molecule has 0 aromatic carbocycles. The zero-order valence-electron chi connectivity index (χ0n) is 9.61. The van der Waals surface area contributed by atoms with E-state index in [1.807, 2.05) is 5.32 Å². The van der Waals surface area contributed by atoms with Crippen molar-refractivity contribution < 1.29 is 19.5 Å². The minimum Gasteiger partial charge on any atom is -0.480 e. The maximum Gasteiger partial charge on any atom is 0.323 e. The molecule has 7 heteroatoms. The third-order valence-corrected chi connectivity index (χ3v) is 2.29. The van der Waals surface area contributed by atoms with Gasteiger partial charge in [0.25, 0.3) is 0 Å². The largest absolute Gasteiger partial charge is 0.480 e. The Balaban J connectivity index is 4.58. The van der Waals surface area contributed by atoms with Crippen LogP contribution in [0.1, 0.15) is 20.8 Å². The van der Waals surface area contributed by atoms with Crippen LogP contribution in [-0.4, -0.2) is 46.5 Å². The predicted molar refractivity (Wildman–Crippen MR) is 56.7 cm³/mol. The summed E-state index contributed by atoms with van der Waals surface area (Å²) in [5.41, 5.74) is 3.60. The van der Waals surface area contributed by atoms with Crippen LogP contribution in [0, 0.1) is 0 Å². The van der Waals surface area contributed by atoms with Gasteiger partial charge in [-0.3, -0.25) is 19.8 Å². The second kappa shape index (κ2) is 5.45. The van der Waals surface area contributed by atoms with E-state index in [2.05, 4.69) is 0 Å². The maximum atomic E-state index is 11.2. The Bertz CT molecular complexity index is 301. The summed E-state index contributed by atoms with van der Waals surface area (Å²) in [4.78, 5) is 34.0. The fourth-order valence-corrected chi connectivity index (χ4v) is 1.19. The second-order valence-corrected chi connectivity index (χ2v) is 3.79. The van der Waals surface area contributed by atoms with Crippen LogP contribution in [0.2, 0.25) is 0 Å². The predicted octanol–water partition coefficient (Wildman–Crippen LogP) is -0.634. The van der Waals surface area contributed by atoms with Gasteiger partial charge in [-0.2, -0.15) is 0 Å². The zero-order valence-corrected chi connectivity index (χ0v) is 9.61. The normalized spacial score (nSPS) is 11.2. The number of carboxylic acids is 1. The minimum absolute atomic E-state index is 0.196. The molecule has 16 heavy (non-hydrogen) atoms. The van der Waals surface area contributed by atoms with Gasteiger partial charge in [0.05, 0.1) is 6.54 Å². The SMILES string of the molecule is CCN(CC(=O)NC(N)=O)C(C)(C)C(=O)O. The lowest BCUT2D eigenvalue weighted by Gasteiger charge is -2.33. The van der Waals surface area contributed by atoms with Gasteiger partial charge in [-0.25, -0.2) is 4.79 Å². The van der Waals surface area contributed by atoms with E-state index < -0.39 is 23.4 Å². The Morgan fingerprint density at radius 3 is 2.19 bits per heavy atom. The number of primary amides is 1. The van der Waals surface area contributed by atoms with E-state index in [1.54, 1.807) is 6.92 Å². The molecule has 0 aromatic heterocycles. The summed E-state index contributed by atoms with van der Waals surface area (Å²) in [6, 6.07) is -0.950. The van der Waals surface area contributed by atoms with Crippen LogP contribution < -0.4 is 11.1 Å². The smallest absolute Gasteiger partial charge is 0.323 e. The highest BCUT2D eigenvalue weighted by Crippen LogP contribution is 2.13. The molecule has 0 atom stereocenters. The molecule has 0 bridgehead atoms. The van der Waals surface area contributed by atoms with Gasteiger partial charge < -0.3 is 10.8 Å². The molecule has 0 saturated heterocycles. The quantitative estimate of drug-likeness (QED) is 0.583. The number of urea groups is 1. The summed E-state index contributed by atoms with van der Waals surface area (Å²) in [6.07, 6.45) is 0. The van der Waals surface area contributed by atoms with Crippen LogP contribution in [0.25, 0.3) is 0 Å². The summed E-state index contributed by atoms with van der Waals surface area (Å²) in [5, 5.41) is 10.9. The third kappa shape index (κ3) is 3.85. The summed E-state index contributed by atoms with van der Waals surface area (Å²) in [5.74, 6) is -1.66. The third-order valence-electron chi connectivity index (χ3n) is 2.29. The van der Waals surface area contributed by atoms with E-state index >= 15 is 0 Å². The topological polar surface area (TPSA) is 113 Å². The van der Waals surface area contributed by atoms with Gasteiger partial charge in [0, 0.05) is 0 Å². The summed E-state index contributed by atoms with van der Waals surface area (Å²) < 4.78 is 0. The molecule has 7 nitrogen and oxygen atoms in total. The van der Waals surface area contributed by atoms with Crippen molar-refractivity contribution in [3.63, 3.8) is 0 Å². The van der Waals surface area contributed by atoms with Gasteiger partial charge in [0.1, 0.15) is 5.54 Å². The van der Waals surface area contributed by atoms with Crippen LogP contribution in [0.15, 0.2) is 0 Å². The summed E-state index contributed by atoms with van der Waals surface area (Å²) in [7, 11) is 0. The number of amides is 3. The molecule has 0 rings (SSSR count). The molecule has 0 saturated carbocycles. The van der Waals surface area contributed by atoms with Crippen molar-refractivity contribution in [3.05, 3.63) is 0 Å². The molecule has 0 fully saturated rings. The monoisotopic (exact) mass is 231 g/mol. The molecule has 0 aliphatic rings. The van der Waals surface area contributed by atoms with Crippen molar-refractivity contribution in [2.75, 3.05) is 13.1 Å². The molecular weight excluding hydrogens is 214 g/mol. The summed E-state index contributed by atoms with van der Waals surface area (Å²) >= 11 is 0. The Morgan fingerprint density at radius 1 is 1.38 bits per heavy atom. The summed E-state index contributed by atoms with van der Waals surface area (Å²) in [6.45, 7) is 4.86. The van der Waals surface area contributed by atoms with Gasteiger partial charge in [0.2, 0.25) is 5.91 Å². The number of carbonyl (C=O) groups is 3. The first-order chi connectivity index (χ1) is 7.21. The number of nitrogens with two attached hydrogens (primary N) is 1. The zero-order chi connectivity index (χ0) is 12.9. The number of imide groups is 1.